The van der Waals surface area contributed by atoms with E-state index in [9.17, 15) is 4.79 Å². The van der Waals surface area contributed by atoms with E-state index < -0.39 is 0 Å². The van der Waals surface area contributed by atoms with Gasteiger partial charge in [0.1, 0.15) is 5.57 Å². The van der Waals surface area contributed by atoms with Crippen molar-refractivity contribution in [3.8, 4) is 0 Å². The molecule has 0 amide bonds. The molecular formula is C18H24O3. The summed E-state index contributed by atoms with van der Waals surface area (Å²) in [7, 11) is 2.94. The molecule has 0 bridgehead atoms. The van der Waals surface area contributed by atoms with Crippen LogP contribution >= 0.6 is 0 Å². The van der Waals surface area contributed by atoms with Crippen LogP contribution in [-0.4, -0.2) is 20.2 Å². The summed E-state index contributed by atoms with van der Waals surface area (Å²) in [5.74, 6) is 0.250. The fourth-order valence-electron chi connectivity index (χ4n) is 3.07. The fraction of sp³-hybridized carbons (Fsp3) is 0.500. The maximum atomic E-state index is 12.0. The van der Waals surface area contributed by atoms with Crippen LogP contribution in [0.1, 0.15) is 54.7 Å². The van der Waals surface area contributed by atoms with E-state index in [1.165, 1.54) is 51.0 Å². The van der Waals surface area contributed by atoms with Gasteiger partial charge in [0.15, 0.2) is 0 Å². The Balaban J connectivity index is 2.37. The van der Waals surface area contributed by atoms with Crippen molar-refractivity contribution >= 4 is 11.5 Å². The third-order valence-electron chi connectivity index (χ3n) is 4.27. The normalized spacial score (nSPS) is 16.6. The second kappa shape index (κ2) is 7.30. The lowest BCUT2D eigenvalue weighted by Gasteiger charge is -2.23. The number of carbonyl (C=O) groups excluding carboxylic acids is 1. The molecule has 0 atom stereocenters. The van der Waals surface area contributed by atoms with Crippen molar-refractivity contribution in [2.24, 2.45) is 0 Å². The van der Waals surface area contributed by atoms with E-state index in [1.807, 2.05) is 6.92 Å². The number of esters is 1. The maximum Gasteiger partial charge on any atom is 0.341 e. The SMILES string of the molecule is CO/C=C(/C(=O)OC)c1cc(C2CCCCC2)ccc1C. The predicted molar refractivity (Wildman–Crippen MR) is 84.0 cm³/mol. The van der Waals surface area contributed by atoms with Gasteiger partial charge in [-0.25, -0.2) is 4.79 Å². The Kier molecular flexibility index (Phi) is 5.43. The van der Waals surface area contributed by atoms with Gasteiger partial charge >= 0.3 is 5.97 Å². The van der Waals surface area contributed by atoms with Gasteiger partial charge < -0.3 is 9.47 Å². The molecule has 21 heavy (non-hydrogen) atoms. The molecule has 0 aromatic heterocycles. The highest BCUT2D eigenvalue weighted by Crippen LogP contribution is 2.34. The largest absolute Gasteiger partial charge is 0.503 e. The van der Waals surface area contributed by atoms with E-state index in [2.05, 4.69) is 18.2 Å². The van der Waals surface area contributed by atoms with Crippen molar-refractivity contribution in [2.45, 2.75) is 44.9 Å². The van der Waals surface area contributed by atoms with Crippen molar-refractivity contribution < 1.29 is 14.3 Å². The van der Waals surface area contributed by atoms with Gasteiger partial charge in [0, 0.05) is 0 Å². The summed E-state index contributed by atoms with van der Waals surface area (Å²) in [6, 6.07) is 6.41. The Bertz CT molecular complexity index is 525. The van der Waals surface area contributed by atoms with Crippen molar-refractivity contribution in [3.05, 3.63) is 41.2 Å². The molecular weight excluding hydrogens is 264 g/mol. The second-order valence-corrected chi connectivity index (χ2v) is 5.67. The highest BCUT2D eigenvalue weighted by Gasteiger charge is 2.20. The molecule has 1 aromatic carbocycles. The molecule has 0 N–H and O–H groups in total. The Morgan fingerprint density at radius 1 is 1.19 bits per heavy atom. The topological polar surface area (TPSA) is 35.5 Å². The van der Waals surface area contributed by atoms with Gasteiger partial charge in [0.2, 0.25) is 0 Å². The van der Waals surface area contributed by atoms with E-state index in [4.69, 9.17) is 9.47 Å². The lowest BCUT2D eigenvalue weighted by Crippen LogP contribution is -2.09. The first-order chi connectivity index (χ1) is 10.2. The molecule has 3 heteroatoms. The number of hydrogen-bond donors (Lipinski definition) is 0. The molecule has 3 nitrogen and oxygen atoms in total. The van der Waals surface area contributed by atoms with Crippen LogP contribution in [0.2, 0.25) is 0 Å². The summed E-state index contributed by atoms with van der Waals surface area (Å²) in [5.41, 5.74) is 3.77. The lowest BCUT2D eigenvalue weighted by atomic mass is 9.82. The number of ether oxygens (including phenoxy) is 2. The predicted octanol–water partition coefficient (Wildman–Crippen LogP) is 4.20. The minimum atomic E-state index is -0.360. The molecule has 114 valence electrons. The molecule has 1 aliphatic rings. The average Bonchev–Trinajstić information content (AvgIpc) is 2.53. The maximum absolute atomic E-state index is 12.0. The average molecular weight is 288 g/mol. The molecule has 0 aliphatic heterocycles. The van der Waals surface area contributed by atoms with E-state index in [-0.39, 0.29) is 5.97 Å². The number of methoxy groups -OCH3 is 2. The van der Waals surface area contributed by atoms with Gasteiger partial charge in [-0.2, -0.15) is 0 Å². The standard InChI is InChI=1S/C18H24O3/c1-13-9-10-15(14-7-5-4-6-8-14)11-16(13)17(12-20-2)18(19)21-3/h9-12,14H,4-8H2,1-3H3/b17-12+. The first-order valence-corrected chi connectivity index (χ1v) is 7.59. The first-order valence-electron chi connectivity index (χ1n) is 7.59. The molecule has 1 fully saturated rings. The Labute approximate surface area is 127 Å². The van der Waals surface area contributed by atoms with Gasteiger partial charge in [-0.15, -0.1) is 0 Å². The van der Waals surface area contributed by atoms with E-state index in [0.717, 1.165) is 11.1 Å². The van der Waals surface area contributed by atoms with Crippen LogP contribution in [0.3, 0.4) is 0 Å². The van der Waals surface area contributed by atoms with Gasteiger partial charge in [-0.05, 0) is 42.4 Å². The summed E-state index contributed by atoms with van der Waals surface area (Å²) in [6.07, 6.45) is 7.89. The highest BCUT2D eigenvalue weighted by atomic mass is 16.5. The van der Waals surface area contributed by atoms with Crippen LogP contribution in [0.15, 0.2) is 24.5 Å². The number of benzene rings is 1. The van der Waals surface area contributed by atoms with E-state index in [1.54, 1.807) is 7.11 Å². The van der Waals surface area contributed by atoms with Crippen LogP contribution in [0.5, 0.6) is 0 Å². The molecule has 2 rings (SSSR count). The Morgan fingerprint density at radius 2 is 1.90 bits per heavy atom. The van der Waals surface area contributed by atoms with Gasteiger partial charge in [-0.3, -0.25) is 0 Å². The van der Waals surface area contributed by atoms with Crippen molar-refractivity contribution in [1.29, 1.82) is 0 Å². The molecule has 1 aromatic rings. The van der Waals surface area contributed by atoms with Crippen LogP contribution in [-0.2, 0) is 14.3 Å². The molecule has 0 radical (unpaired) electrons. The lowest BCUT2D eigenvalue weighted by molar-refractivity contribution is -0.133. The van der Waals surface area contributed by atoms with Crippen LogP contribution < -0.4 is 0 Å². The van der Waals surface area contributed by atoms with E-state index in [0.29, 0.717) is 11.5 Å². The van der Waals surface area contributed by atoms with Crippen LogP contribution in [0.25, 0.3) is 5.57 Å². The van der Waals surface area contributed by atoms with Gasteiger partial charge in [-0.1, -0.05) is 37.5 Å². The number of hydrogen-bond acceptors (Lipinski definition) is 3. The molecule has 0 heterocycles. The zero-order chi connectivity index (χ0) is 15.2. The first kappa shape index (κ1) is 15.6. The molecule has 1 saturated carbocycles. The minimum absolute atomic E-state index is 0.360. The summed E-state index contributed by atoms with van der Waals surface area (Å²) in [5, 5.41) is 0. The van der Waals surface area contributed by atoms with Crippen molar-refractivity contribution in [3.63, 3.8) is 0 Å². The quantitative estimate of drug-likeness (QED) is 0.473. The van der Waals surface area contributed by atoms with E-state index >= 15 is 0 Å². The zero-order valence-electron chi connectivity index (χ0n) is 13.1. The zero-order valence-corrected chi connectivity index (χ0v) is 13.1. The number of rotatable bonds is 4. The second-order valence-electron chi connectivity index (χ2n) is 5.67. The summed E-state index contributed by atoms with van der Waals surface area (Å²) in [6.45, 7) is 2.01. The van der Waals surface area contributed by atoms with Gasteiger partial charge in [0.05, 0.1) is 20.5 Å². The highest BCUT2D eigenvalue weighted by molar-refractivity contribution is 6.16. The summed E-state index contributed by atoms with van der Waals surface area (Å²) in [4.78, 5) is 12.0. The summed E-state index contributed by atoms with van der Waals surface area (Å²) < 4.78 is 9.93. The molecule has 0 spiro atoms. The minimum Gasteiger partial charge on any atom is -0.503 e. The Hall–Kier alpha value is -1.77. The smallest absolute Gasteiger partial charge is 0.341 e. The molecule has 0 unspecified atom stereocenters. The number of aryl methyl sites for hydroxylation is 1. The third-order valence-corrected chi connectivity index (χ3v) is 4.27. The van der Waals surface area contributed by atoms with Crippen molar-refractivity contribution in [1.82, 2.24) is 0 Å². The van der Waals surface area contributed by atoms with Crippen molar-refractivity contribution in [2.75, 3.05) is 14.2 Å². The fourth-order valence-corrected chi connectivity index (χ4v) is 3.07. The third kappa shape index (κ3) is 3.66. The molecule has 0 saturated heterocycles. The number of carbonyl (C=O) groups is 1. The van der Waals surface area contributed by atoms with Crippen LogP contribution in [0.4, 0.5) is 0 Å². The molecule has 1 aliphatic carbocycles. The Morgan fingerprint density at radius 3 is 2.52 bits per heavy atom. The monoisotopic (exact) mass is 288 g/mol. The van der Waals surface area contributed by atoms with Gasteiger partial charge in [0.25, 0.3) is 0 Å². The summed E-state index contributed by atoms with van der Waals surface area (Å²) >= 11 is 0. The van der Waals surface area contributed by atoms with Crippen LogP contribution in [0, 0.1) is 6.92 Å².